The van der Waals surface area contributed by atoms with E-state index in [2.05, 4.69) is 15.4 Å². The quantitative estimate of drug-likeness (QED) is 0.711. The molecular weight excluding hydrogens is 354 g/mol. The van der Waals surface area contributed by atoms with Gasteiger partial charge in [-0.25, -0.2) is 9.48 Å². The molecule has 28 heavy (non-hydrogen) atoms. The molecule has 3 amide bonds. The topological polar surface area (TPSA) is 80.1 Å². The average Bonchev–Trinajstić information content (AvgIpc) is 3.14. The van der Waals surface area contributed by atoms with E-state index >= 15 is 0 Å². The highest BCUT2D eigenvalue weighted by atomic mass is 16.2. The van der Waals surface area contributed by atoms with Crippen molar-refractivity contribution in [2.24, 2.45) is 0 Å². The third kappa shape index (κ3) is 2.94. The van der Waals surface area contributed by atoms with Crippen LogP contribution < -0.4 is 5.32 Å². The maximum Gasteiger partial charge on any atom is 0.325 e. The monoisotopic (exact) mass is 375 g/mol. The molecule has 142 valence electrons. The van der Waals surface area contributed by atoms with Gasteiger partial charge in [0.2, 0.25) is 0 Å². The van der Waals surface area contributed by atoms with E-state index in [-0.39, 0.29) is 12.5 Å². The summed E-state index contributed by atoms with van der Waals surface area (Å²) in [4.78, 5) is 30.9. The second kappa shape index (κ2) is 6.60. The summed E-state index contributed by atoms with van der Waals surface area (Å²) in [6.45, 7) is 5.83. The van der Waals surface area contributed by atoms with Crippen LogP contribution in [-0.2, 0) is 16.9 Å². The molecule has 1 fully saturated rings. The third-order valence-corrected chi connectivity index (χ3v) is 4.98. The van der Waals surface area contributed by atoms with E-state index in [0.717, 1.165) is 22.6 Å². The molecule has 1 aliphatic rings. The Morgan fingerprint density at radius 2 is 1.82 bits per heavy atom. The Morgan fingerprint density at radius 3 is 2.43 bits per heavy atom. The number of amides is 3. The van der Waals surface area contributed by atoms with Crippen LogP contribution in [0.5, 0.6) is 0 Å². The van der Waals surface area contributed by atoms with Crippen LogP contribution in [0.25, 0.3) is 5.69 Å². The Morgan fingerprint density at radius 1 is 1.07 bits per heavy atom. The number of aromatic nitrogens is 3. The highest BCUT2D eigenvalue weighted by Crippen LogP contribution is 2.28. The van der Waals surface area contributed by atoms with Crippen molar-refractivity contribution >= 4 is 11.9 Å². The van der Waals surface area contributed by atoms with Crippen LogP contribution in [0.15, 0.2) is 54.7 Å². The number of hydrogen-bond acceptors (Lipinski definition) is 4. The lowest BCUT2D eigenvalue weighted by Gasteiger charge is -2.21. The normalized spacial score (nSPS) is 19.2. The van der Waals surface area contributed by atoms with E-state index in [9.17, 15) is 9.59 Å². The summed E-state index contributed by atoms with van der Waals surface area (Å²) >= 11 is 0. The molecule has 2 aromatic heterocycles. The van der Waals surface area contributed by atoms with E-state index in [4.69, 9.17) is 0 Å². The van der Waals surface area contributed by atoms with Gasteiger partial charge in [-0.2, -0.15) is 5.10 Å². The van der Waals surface area contributed by atoms with Gasteiger partial charge in [0.05, 0.1) is 23.6 Å². The predicted molar refractivity (Wildman–Crippen MR) is 104 cm³/mol. The zero-order valence-electron chi connectivity index (χ0n) is 16.0. The molecule has 0 radical (unpaired) electrons. The number of nitrogens with zero attached hydrogens (tertiary/aromatic N) is 4. The van der Waals surface area contributed by atoms with Crippen LogP contribution in [-0.4, -0.2) is 31.6 Å². The molecule has 1 unspecified atom stereocenters. The molecule has 0 spiro atoms. The fourth-order valence-corrected chi connectivity index (χ4v) is 3.49. The Hall–Kier alpha value is -3.48. The zero-order chi connectivity index (χ0) is 19.9. The molecule has 4 rings (SSSR count). The lowest BCUT2D eigenvalue weighted by atomic mass is 9.97. The van der Waals surface area contributed by atoms with Gasteiger partial charge < -0.3 is 5.32 Å². The number of rotatable bonds is 4. The SMILES string of the molecule is Cc1cc(C)n(-c2ccc(CN3C(=O)NC(C)(c4ccccn4)C3=O)cc2)n1. The number of imide groups is 1. The highest BCUT2D eigenvalue weighted by molar-refractivity contribution is 6.06. The van der Waals surface area contributed by atoms with Gasteiger partial charge in [-0.3, -0.25) is 14.7 Å². The number of carbonyl (C=O) groups excluding carboxylic acids is 2. The van der Waals surface area contributed by atoms with Gasteiger partial charge in [-0.05, 0) is 56.7 Å². The molecule has 0 bridgehead atoms. The molecule has 7 nitrogen and oxygen atoms in total. The smallest absolute Gasteiger partial charge is 0.318 e. The van der Waals surface area contributed by atoms with Crippen molar-refractivity contribution in [2.45, 2.75) is 32.9 Å². The number of benzene rings is 1. The Balaban J connectivity index is 1.55. The summed E-state index contributed by atoms with van der Waals surface area (Å²) in [6, 6.07) is 14.6. The lowest BCUT2D eigenvalue weighted by molar-refractivity contribution is -0.131. The maximum absolute atomic E-state index is 13.0. The Kier molecular flexibility index (Phi) is 4.22. The molecular formula is C21H21N5O2. The maximum atomic E-state index is 13.0. The van der Waals surface area contributed by atoms with Crippen molar-refractivity contribution in [3.8, 4) is 5.69 Å². The van der Waals surface area contributed by atoms with Crippen molar-refractivity contribution in [1.82, 2.24) is 25.0 Å². The summed E-state index contributed by atoms with van der Waals surface area (Å²) in [5.74, 6) is -0.307. The van der Waals surface area contributed by atoms with Gasteiger partial charge in [-0.1, -0.05) is 18.2 Å². The number of urea groups is 1. The van der Waals surface area contributed by atoms with E-state index in [1.54, 1.807) is 31.3 Å². The van der Waals surface area contributed by atoms with Gasteiger partial charge in [0, 0.05) is 11.9 Å². The summed E-state index contributed by atoms with van der Waals surface area (Å²) < 4.78 is 1.87. The number of carbonyl (C=O) groups is 2. The van der Waals surface area contributed by atoms with Crippen LogP contribution in [0.2, 0.25) is 0 Å². The van der Waals surface area contributed by atoms with Crippen molar-refractivity contribution < 1.29 is 9.59 Å². The van der Waals surface area contributed by atoms with Gasteiger partial charge in [0.15, 0.2) is 5.54 Å². The first-order valence-electron chi connectivity index (χ1n) is 9.07. The van der Waals surface area contributed by atoms with Crippen molar-refractivity contribution in [1.29, 1.82) is 0 Å². The predicted octanol–water partition coefficient (Wildman–Crippen LogP) is 2.85. The molecule has 1 N–H and O–H groups in total. The van der Waals surface area contributed by atoms with Crippen LogP contribution in [0.4, 0.5) is 4.79 Å². The van der Waals surface area contributed by atoms with E-state index in [1.165, 1.54) is 4.90 Å². The zero-order valence-corrected chi connectivity index (χ0v) is 16.0. The van der Waals surface area contributed by atoms with Gasteiger partial charge in [-0.15, -0.1) is 0 Å². The average molecular weight is 375 g/mol. The molecule has 1 atom stereocenters. The van der Waals surface area contributed by atoms with Crippen LogP contribution in [0.1, 0.15) is 29.6 Å². The second-order valence-corrected chi connectivity index (χ2v) is 7.17. The van der Waals surface area contributed by atoms with Gasteiger partial charge in [0.1, 0.15) is 0 Å². The standard InChI is InChI=1S/C21H21N5O2/c1-14-12-15(2)26(24-14)17-9-7-16(8-10-17)13-25-19(27)21(3,23-20(25)28)18-6-4-5-11-22-18/h4-12H,13H2,1-3H3,(H,23,28). The molecule has 7 heteroatoms. The molecule has 1 aliphatic heterocycles. The molecule has 1 aromatic carbocycles. The molecule has 3 heterocycles. The summed E-state index contributed by atoms with van der Waals surface area (Å²) in [6.07, 6.45) is 1.61. The van der Waals surface area contributed by atoms with Crippen molar-refractivity contribution in [3.05, 3.63) is 77.4 Å². The van der Waals surface area contributed by atoms with E-state index in [0.29, 0.717) is 5.69 Å². The molecule has 1 saturated heterocycles. The largest absolute Gasteiger partial charge is 0.325 e. The fourth-order valence-electron chi connectivity index (χ4n) is 3.49. The fraction of sp³-hybridized carbons (Fsp3) is 0.238. The Bertz CT molecular complexity index is 1040. The lowest BCUT2D eigenvalue weighted by Crippen LogP contribution is -2.41. The van der Waals surface area contributed by atoms with Crippen molar-refractivity contribution in [3.63, 3.8) is 0 Å². The summed E-state index contributed by atoms with van der Waals surface area (Å²) in [7, 11) is 0. The van der Waals surface area contributed by atoms with Crippen LogP contribution >= 0.6 is 0 Å². The summed E-state index contributed by atoms with van der Waals surface area (Å²) in [5, 5.41) is 7.25. The van der Waals surface area contributed by atoms with Crippen molar-refractivity contribution in [2.75, 3.05) is 0 Å². The number of pyridine rings is 1. The van der Waals surface area contributed by atoms with E-state index < -0.39 is 11.6 Å². The number of hydrogen-bond donors (Lipinski definition) is 1. The summed E-state index contributed by atoms with van der Waals surface area (Å²) in [5.41, 5.74) is 3.17. The number of aryl methyl sites for hydroxylation is 2. The number of nitrogens with one attached hydrogen (secondary N) is 1. The van der Waals surface area contributed by atoms with Crippen LogP contribution in [0, 0.1) is 13.8 Å². The molecule has 0 saturated carbocycles. The third-order valence-electron chi connectivity index (χ3n) is 4.98. The highest BCUT2D eigenvalue weighted by Gasteiger charge is 2.49. The first kappa shape index (κ1) is 17.9. The van der Waals surface area contributed by atoms with Crippen LogP contribution in [0.3, 0.4) is 0 Å². The molecule has 3 aromatic rings. The first-order chi connectivity index (χ1) is 13.4. The van der Waals surface area contributed by atoms with Gasteiger partial charge in [0.25, 0.3) is 5.91 Å². The minimum absolute atomic E-state index is 0.199. The van der Waals surface area contributed by atoms with E-state index in [1.807, 2.05) is 48.9 Å². The second-order valence-electron chi connectivity index (χ2n) is 7.17. The van der Waals surface area contributed by atoms with Gasteiger partial charge >= 0.3 is 6.03 Å². The minimum atomic E-state index is -1.15. The Labute approximate surface area is 163 Å². The minimum Gasteiger partial charge on any atom is -0.318 e. The first-order valence-corrected chi connectivity index (χ1v) is 9.07. The molecule has 0 aliphatic carbocycles.